The summed E-state index contributed by atoms with van der Waals surface area (Å²) >= 11 is 0. The first-order chi connectivity index (χ1) is 8.99. The van der Waals surface area contributed by atoms with E-state index in [2.05, 4.69) is 4.74 Å². The largest absolute Gasteiger partial charge is 0.465 e. The topological polar surface area (TPSA) is 70.4 Å². The number of hydrogen-bond acceptors (Lipinski definition) is 4. The number of rotatable bonds is 3. The average molecular weight is 258 g/mol. The maximum absolute atomic E-state index is 11.7. The van der Waals surface area contributed by atoms with Gasteiger partial charge in [-0.2, -0.15) is 5.26 Å². The van der Waals surface area contributed by atoms with E-state index < -0.39 is 5.97 Å². The molecule has 0 unspecified atom stereocenters. The van der Waals surface area contributed by atoms with Crippen LogP contribution in [0.5, 0.6) is 0 Å². The fourth-order valence-electron chi connectivity index (χ4n) is 1.38. The van der Waals surface area contributed by atoms with E-state index in [1.54, 1.807) is 38.4 Å². The van der Waals surface area contributed by atoms with Crippen molar-refractivity contribution in [2.45, 2.75) is 0 Å². The summed E-state index contributed by atoms with van der Waals surface area (Å²) in [4.78, 5) is 24.2. The summed E-state index contributed by atoms with van der Waals surface area (Å²) in [5, 5.41) is 8.95. The molecule has 0 heterocycles. The van der Waals surface area contributed by atoms with Gasteiger partial charge in [0.25, 0.3) is 5.91 Å². The molecule has 0 bridgehead atoms. The molecule has 0 radical (unpaired) electrons. The minimum absolute atomic E-state index is 0.0378. The van der Waals surface area contributed by atoms with Crippen LogP contribution in [0, 0.1) is 11.3 Å². The van der Waals surface area contributed by atoms with Gasteiger partial charge in [-0.25, -0.2) is 4.79 Å². The number of likely N-dealkylation sites (N-methyl/N-ethyl adjacent to an activating group) is 1. The fraction of sp³-hybridized carbons (Fsp3) is 0.214. The molecule has 1 aromatic carbocycles. The number of carbonyl (C=O) groups excluding carboxylic acids is 2. The molecule has 1 rings (SSSR count). The molecule has 5 nitrogen and oxygen atoms in total. The molecule has 0 saturated carbocycles. The molecule has 0 fully saturated rings. The van der Waals surface area contributed by atoms with Crippen LogP contribution >= 0.6 is 0 Å². The highest BCUT2D eigenvalue weighted by Gasteiger charge is 2.11. The van der Waals surface area contributed by atoms with Crippen LogP contribution in [0.15, 0.2) is 29.8 Å². The van der Waals surface area contributed by atoms with Gasteiger partial charge in [0.1, 0.15) is 11.6 Å². The molecule has 5 heteroatoms. The van der Waals surface area contributed by atoms with Crippen molar-refractivity contribution in [1.29, 1.82) is 5.26 Å². The van der Waals surface area contributed by atoms with Crippen molar-refractivity contribution < 1.29 is 14.3 Å². The Bertz CT molecular complexity index is 551. The molecule has 19 heavy (non-hydrogen) atoms. The number of hydrogen-bond donors (Lipinski definition) is 0. The zero-order valence-corrected chi connectivity index (χ0v) is 11.0. The summed E-state index contributed by atoms with van der Waals surface area (Å²) < 4.78 is 4.58. The van der Waals surface area contributed by atoms with Gasteiger partial charge in [-0.3, -0.25) is 4.79 Å². The molecule has 0 aromatic heterocycles. The smallest absolute Gasteiger partial charge is 0.337 e. The zero-order chi connectivity index (χ0) is 14.4. The van der Waals surface area contributed by atoms with Gasteiger partial charge >= 0.3 is 5.97 Å². The Morgan fingerprint density at radius 3 is 2.26 bits per heavy atom. The quantitative estimate of drug-likeness (QED) is 0.467. The van der Waals surface area contributed by atoms with E-state index in [0.717, 1.165) is 0 Å². The van der Waals surface area contributed by atoms with E-state index >= 15 is 0 Å². The standard InChI is InChI=1S/C14H14N2O3/c1-16(2)13(17)12(9-15)8-10-4-6-11(7-5-10)14(18)19-3/h4-8H,1-3H3. The molecule has 0 aliphatic carbocycles. The van der Waals surface area contributed by atoms with Gasteiger partial charge in [0.15, 0.2) is 0 Å². The number of carbonyl (C=O) groups is 2. The lowest BCUT2D eigenvalue weighted by atomic mass is 10.1. The Hall–Kier alpha value is -2.61. The highest BCUT2D eigenvalue weighted by atomic mass is 16.5. The van der Waals surface area contributed by atoms with Crippen LogP contribution in [0.1, 0.15) is 15.9 Å². The van der Waals surface area contributed by atoms with Crippen LogP contribution in [-0.4, -0.2) is 38.0 Å². The second-order valence-electron chi connectivity index (χ2n) is 3.98. The second kappa shape index (κ2) is 6.36. The van der Waals surface area contributed by atoms with Crippen LogP contribution in [0.25, 0.3) is 6.08 Å². The lowest BCUT2D eigenvalue weighted by Crippen LogP contribution is -2.22. The van der Waals surface area contributed by atoms with Crippen LogP contribution in [0.4, 0.5) is 0 Å². The second-order valence-corrected chi connectivity index (χ2v) is 3.98. The van der Waals surface area contributed by atoms with E-state index in [-0.39, 0.29) is 11.5 Å². The fourth-order valence-corrected chi connectivity index (χ4v) is 1.38. The summed E-state index contributed by atoms with van der Waals surface area (Å²) in [5.41, 5.74) is 1.12. The Kier molecular flexibility index (Phi) is 4.84. The Balaban J connectivity index is 3.02. The van der Waals surface area contributed by atoms with Crippen LogP contribution in [0.2, 0.25) is 0 Å². The van der Waals surface area contributed by atoms with Gasteiger partial charge in [-0.1, -0.05) is 12.1 Å². The van der Waals surface area contributed by atoms with Crippen molar-refractivity contribution in [3.05, 3.63) is 41.0 Å². The van der Waals surface area contributed by atoms with Crippen molar-refractivity contribution >= 4 is 18.0 Å². The third-order valence-corrected chi connectivity index (χ3v) is 2.40. The van der Waals surface area contributed by atoms with Gasteiger partial charge in [0, 0.05) is 14.1 Å². The van der Waals surface area contributed by atoms with Gasteiger partial charge in [0.2, 0.25) is 0 Å². The number of methoxy groups -OCH3 is 1. The minimum atomic E-state index is -0.430. The number of nitriles is 1. The highest BCUT2D eigenvalue weighted by molar-refractivity contribution is 6.01. The van der Waals surface area contributed by atoms with E-state index in [4.69, 9.17) is 5.26 Å². The minimum Gasteiger partial charge on any atom is -0.465 e. The summed E-state index contributed by atoms with van der Waals surface area (Å²) in [6.45, 7) is 0. The van der Waals surface area contributed by atoms with Gasteiger partial charge in [-0.05, 0) is 23.8 Å². The molecule has 0 aliphatic rings. The number of esters is 1. The van der Waals surface area contributed by atoms with E-state index in [0.29, 0.717) is 11.1 Å². The SMILES string of the molecule is COC(=O)c1ccc(C=C(C#N)C(=O)N(C)C)cc1. The third-order valence-electron chi connectivity index (χ3n) is 2.40. The number of benzene rings is 1. The van der Waals surface area contributed by atoms with E-state index in [9.17, 15) is 9.59 Å². The number of amides is 1. The molecule has 0 saturated heterocycles. The molecule has 1 aromatic rings. The molecular formula is C14H14N2O3. The van der Waals surface area contributed by atoms with Gasteiger partial charge < -0.3 is 9.64 Å². The Morgan fingerprint density at radius 1 is 1.26 bits per heavy atom. The summed E-state index contributed by atoms with van der Waals surface area (Å²) in [5.74, 6) is -0.792. The summed E-state index contributed by atoms with van der Waals surface area (Å²) in [7, 11) is 4.46. The molecule has 0 N–H and O–H groups in total. The molecule has 0 atom stereocenters. The number of nitrogens with zero attached hydrogens (tertiary/aromatic N) is 2. The Morgan fingerprint density at radius 2 is 1.84 bits per heavy atom. The van der Waals surface area contributed by atoms with Gasteiger partial charge in [0.05, 0.1) is 12.7 Å². The number of ether oxygens (including phenoxy) is 1. The zero-order valence-electron chi connectivity index (χ0n) is 11.0. The van der Waals surface area contributed by atoms with Crippen molar-refractivity contribution in [1.82, 2.24) is 4.90 Å². The predicted molar refractivity (Wildman–Crippen MR) is 70.1 cm³/mol. The maximum atomic E-state index is 11.7. The van der Waals surface area contributed by atoms with Crippen molar-refractivity contribution in [2.24, 2.45) is 0 Å². The first-order valence-corrected chi connectivity index (χ1v) is 5.51. The molecular weight excluding hydrogens is 244 g/mol. The Labute approximate surface area is 111 Å². The predicted octanol–water partition coefficient (Wildman–Crippen LogP) is 1.47. The highest BCUT2D eigenvalue weighted by Crippen LogP contribution is 2.11. The van der Waals surface area contributed by atoms with Crippen molar-refractivity contribution in [3.63, 3.8) is 0 Å². The van der Waals surface area contributed by atoms with Crippen molar-refractivity contribution in [3.8, 4) is 6.07 Å². The molecule has 0 aliphatic heterocycles. The van der Waals surface area contributed by atoms with E-state index in [1.165, 1.54) is 18.1 Å². The normalized spacial score (nSPS) is 10.5. The average Bonchev–Trinajstić information content (AvgIpc) is 2.43. The summed E-state index contributed by atoms with van der Waals surface area (Å²) in [6, 6.07) is 8.30. The molecule has 98 valence electrons. The molecule has 1 amide bonds. The van der Waals surface area contributed by atoms with Crippen LogP contribution < -0.4 is 0 Å². The monoisotopic (exact) mass is 258 g/mol. The first kappa shape index (κ1) is 14.5. The lowest BCUT2D eigenvalue weighted by Gasteiger charge is -2.08. The van der Waals surface area contributed by atoms with Crippen LogP contribution in [-0.2, 0) is 9.53 Å². The van der Waals surface area contributed by atoms with E-state index in [1.807, 2.05) is 6.07 Å². The first-order valence-electron chi connectivity index (χ1n) is 5.51. The maximum Gasteiger partial charge on any atom is 0.337 e. The molecule has 0 spiro atoms. The lowest BCUT2D eigenvalue weighted by molar-refractivity contribution is -0.124. The summed E-state index contributed by atoms with van der Waals surface area (Å²) in [6.07, 6.45) is 1.48. The third kappa shape index (κ3) is 3.68. The van der Waals surface area contributed by atoms with Crippen molar-refractivity contribution in [2.75, 3.05) is 21.2 Å². The van der Waals surface area contributed by atoms with Crippen LogP contribution in [0.3, 0.4) is 0 Å². The van der Waals surface area contributed by atoms with Gasteiger partial charge in [-0.15, -0.1) is 0 Å².